The second kappa shape index (κ2) is 8.25. The van der Waals surface area contributed by atoms with E-state index in [0.717, 1.165) is 57.3 Å². The number of fused-ring (bicyclic) bond motifs is 1. The number of likely N-dealkylation sites (N-methyl/N-ethyl adjacent to an activating group) is 1. The van der Waals surface area contributed by atoms with Crippen LogP contribution in [-0.2, 0) is 0 Å². The van der Waals surface area contributed by atoms with Crippen LogP contribution in [0.1, 0.15) is 38.8 Å². The fourth-order valence-corrected chi connectivity index (χ4v) is 2.60. The first kappa shape index (κ1) is 16.1. The molecule has 1 heterocycles. The second-order valence-electron chi connectivity index (χ2n) is 5.39. The van der Waals surface area contributed by atoms with E-state index in [2.05, 4.69) is 43.1 Å². The lowest BCUT2D eigenvalue weighted by Crippen LogP contribution is -2.27. The number of nitrogens with zero attached hydrogens (tertiary/aromatic N) is 1. The number of hydrogen-bond donors (Lipinski definition) is 1. The zero-order valence-corrected chi connectivity index (χ0v) is 13.5. The van der Waals surface area contributed by atoms with Crippen LogP contribution >= 0.6 is 0 Å². The molecule has 0 amide bonds. The standard InChI is InChI=1S/C17H28N2O2/c1-4-9-18-16-13-21-17-12-14(7-8-15(16)17)20-11-10-19(5-2)6-3/h7-8,12,16,18H,4-6,9-11,13H2,1-3H3. The van der Waals surface area contributed by atoms with Gasteiger partial charge in [0, 0.05) is 18.2 Å². The molecule has 0 bridgehead atoms. The Labute approximate surface area is 128 Å². The molecule has 0 aliphatic carbocycles. The van der Waals surface area contributed by atoms with Crippen LogP contribution in [0.3, 0.4) is 0 Å². The maximum Gasteiger partial charge on any atom is 0.127 e. The summed E-state index contributed by atoms with van der Waals surface area (Å²) in [5, 5.41) is 3.51. The number of ether oxygens (including phenoxy) is 2. The molecule has 2 rings (SSSR count). The lowest BCUT2D eigenvalue weighted by Gasteiger charge is -2.18. The van der Waals surface area contributed by atoms with Crippen molar-refractivity contribution < 1.29 is 9.47 Å². The number of nitrogens with one attached hydrogen (secondary N) is 1. The summed E-state index contributed by atoms with van der Waals surface area (Å²) in [5.41, 5.74) is 1.25. The third-order valence-electron chi connectivity index (χ3n) is 3.98. The number of hydrogen-bond acceptors (Lipinski definition) is 4. The molecule has 4 nitrogen and oxygen atoms in total. The number of rotatable bonds is 9. The van der Waals surface area contributed by atoms with Crippen LogP contribution in [0.2, 0.25) is 0 Å². The van der Waals surface area contributed by atoms with Crippen molar-refractivity contribution in [2.24, 2.45) is 0 Å². The maximum atomic E-state index is 5.84. The van der Waals surface area contributed by atoms with Crippen LogP contribution in [0.25, 0.3) is 0 Å². The van der Waals surface area contributed by atoms with E-state index in [1.165, 1.54) is 5.56 Å². The summed E-state index contributed by atoms with van der Waals surface area (Å²) in [6, 6.07) is 6.52. The largest absolute Gasteiger partial charge is 0.492 e. The molecular weight excluding hydrogens is 264 g/mol. The molecule has 0 radical (unpaired) electrons. The van der Waals surface area contributed by atoms with Crippen LogP contribution < -0.4 is 14.8 Å². The maximum absolute atomic E-state index is 5.84. The molecule has 4 heteroatoms. The van der Waals surface area contributed by atoms with Crippen molar-refractivity contribution in [3.05, 3.63) is 23.8 Å². The molecule has 1 aliphatic rings. The Balaban J connectivity index is 1.87. The van der Waals surface area contributed by atoms with Crippen LogP contribution in [0.5, 0.6) is 11.5 Å². The van der Waals surface area contributed by atoms with Gasteiger partial charge in [-0.1, -0.05) is 20.8 Å². The Hall–Kier alpha value is -1.26. The van der Waals surface area contributed by atoms with Gasteiger partial charge in [0.2, 0.25) is 0 Å². The van der Waals surface area contributed by atoms with Gasteiger partial charge in [0.25, 0.3) is 0 Å². The van der Waals surface area contributed by atoms with Crippen LogP contribution in [-0.4, -0.2) is 44.3 Å². The summed E-state index contributed by atoms with van der Waals surface area (Å²) >= 11 is 0. The van der Waals surface area contributed by atoms with Crippen molar-refractivity contribution in [3.8, 4) is 11.5 Å². The fourth-order valence-electron chi connectivity index (χ4n) is 2.60. The van der Waals surface area contributed by atoms with Crippen molar-refractivity contribution in [1.82, 2.24) is 10.2 Å². The molecule has 1 atom stereocenters. The highest BCUT2D eigenvalue weighted by atomic mass is 16.5. The molecular formula is C17H28N2O2. The van der Waals surface area contributed by atoms with E-state index in [0.29, 0.717) is 6.04 Å². The van der Waals surface area contributed by atoms with E-state index in [1.54, 1.807) is 0 Å². The van der Waals surface area contributed by atoms with Crippen LogP contribution in [0.4, 0.5) is 0 Å². The van der Waals surface area contributed by atoms with Crippen LogP contribution in [0, 0.1) is 0 Å². The molecule has 1 unspecified atom stereocenters. The van der Waals surface area contributed by atoms with E-state index in [4.69, 9.17) is 9.47 Å². The van der Waals surface area contributed by atoms with Gasteiger partial charge in [-0.15, -0.1) is 0 Å². The van der Waals surface area contributed by atoms with Gasteiger partial charge < -0.3 is 19.7 Å². The SMILES string of the molecule is CCCNC1COc2cc(OCCN(CC)CC)ccc21. The molecule has 0 saturated heterocycles. The topological polar surface area (TPSA) is 33.7 Å². The molecule has 118 valence electrons. The summed E-state index contributed by atoms with van der Waals surface area (Å²) < 4.78 is 11.6. The Morgan fingerprint density at radius 1 is 1.29 bits per heavy atom. The molecule has 1 aromatic carbocycles. The summed E-state index contributed by atoms with van der Waals surface area (Å²) in [6.07, 6.45) is 1.14. The second-order valence-corrected chi connectivity index (χ2v) is 5.39. The van der Waals surface area contributed by atoms with E-state index < -0.39 is 0 Å². The van der Waals surface area contributed by atoms with E-state index in [9.17, 15) is 0 Å². The van der Waals surface area contributed by atoms with Crippen molar-refractivity contribution in [1.29, 1.82) is 0 Å². The van der Waals surface area contributed by atoms with Crippen molar-refractivity contribution in [2.75, 3.05) is 39.4 Å². The average Bonchev–Trinajstić information content (AvgIpc) is 2.92. The zero-order chi connectivity index (χ0) is 15.1. The lowest BCUT2D eigenvalue weighted by molar-refractivity contribution is 0.222. The first-order chi connectivity index (χ1) is 10.3. The highest BCUT2D eigenvalue weighted by Crippen LogP contribution is 2.35. The molecule has 1 aliphatic heterocycles. The Kier molecular flexibility index (Phi) is 6.33. The van der Waals surface area contributed by atoms with Gasteiger partial charge in [-0.05, 0) is 38.2 Å². The van der Waals surface area contributed by atoms with Gasteiger partial charge in [0.05, 0.1) is 6.04 Å². The van der Waals surface area contributed by atoms with Gasteiger partial charge >= 0.3 is 0 Å². The summed E-state index contributed by atoms with van der Waals surface area (Å²) in [4.78, 5) is 2.36. The monoisotopic (exact) mass is 292 g/mol. The quantitative estimate of drug-likeness (QED) is 0.759. The molecule has 0 aromatic heterocycles. The van der Waals surface area contributed by atoms with Crippen molar-refractivity contribution in [2.45, 2.75) is 33.2 Å². The third kappa shape index (κ3) is 4.35. The minimum Gasteiger partial charge on any atom is -0.492 e. The molecule has 0 saturated carbocycles. The van der Waals surface area contributed by atoms with E-state index >= 15 is 0 Å². The molecule has 0 fully saturated rings. The number of benzene rings is 1. The van der Waals surface area contributed by atoms with Crippen molar-refractivity contribution >= 4 is 0 Å². The van der Waals surface area contributed by atoms with E-state index in [1.807, 2.05) is 6.07 Å². The lowest BCUT2D eigenvalue weighted by atomic mass is 10.1. The summed E-state index contributed by atoms with van der Waals surface area (Å²) in [6.45, 7) is 12.1. The highest BCUT2D eigenvalue weighted by Gasteiger charge is 2.23. The van der Waals surface area contributed by atoms with Gasteiger partial charge in [0.15, 0.2) is 0 Å². The Morgan fingerprint density at radius 3 is 2.81 bits per heavy atom. The first-order valence-electron chi connectivity index (χ1n) is 8.13. The van der Waals surface area contributed by atoms with Gasteiger partial charge in [-0.3, -0.25) is 0 Å². The summed E-state index contributed by atoms with van der Waals surface area (Å²) in [7, 11) is 0. The minimum absolute atomic E-state index is 0.324. The smallest absolute Gasteiger partial charge is 0.127 e. The summed E-state index contributed by atoms with van der Waals surface area (Å²) in [5.74, 6) is 1.86. The van der Waals surface area contributed by atoms with Gasteiger partial charge in [-0.25, -0.2) is 0 Å². The minimum atomic E-state index is 0.324. The Bertz CT molecular complexity index is 433. The average molecular weight is 292 g/mol. The molecule has 21 heavy (non-hydrogen) atoms. The predicted octanol–water partition coefficient (Wildman–Crippen LogP) is 2.84. The molecule has 1 aromatic rings. The van der Waals surface area contributed by atoms with Gasteiger partial charge in [-0.2, -0.15) is 0 Å². The zero-order valence-electron chi connectivity index (χ0n) is 13.5. The normalized spacial score (nSPS) is 16.9. The van der Waals surface area contributed by atoms with Crippen LogP contribution in [0.15, 0.2) is 18.2 Å². The third-order valence-corrected chi connectivity index (χ3v) is 3.98. The predicted molar refractivity (Wildman–Crippen MR) is 86.3 cm³/mol. The van der Waals surface area contributed by atoms with Crippen molar-refractivity contribution in [3.63, 3.8) is 0 Å². The van der Waals surface area contributed by atoms with Gasteiger partial charge in [0.1, 0.15) is 24.7 Å². The molecule has 0 spiro atoms. The highest BCUT2D eigenvalue weighted by molar-refractivity contribution is 5.45. The Morgan fingerprint density at radius 2 is 2.10 bits per heavy atom. The first-order valence-corrected chi connectivity index (χ1v) is 8.13. The fraction of sp³-hybridized carbons (Fsp3) is 0.647. The molecule has 1 N–H and O–H groups in total. The van der Waals surface area contributed by atoms with E-state index in [-0.39, 0.29) is 0 Å².